The van der Waals surface area contributed by atoms with E-state index in [0.29, 0.717) is 17.0 Å². The van der Waals surface area contributed by atoms with Crippen molar-refractivity contribution in [1.82, 2.24) is 0 Å². The first kappa shape index (κ1) is 14.9. The Balaban J connectivity index is 2.38. The second-order valence-corrected chi connectivity index (χ2v) is 7.19. The van der Waals surface area contributed by atoms with Gasteiger partial charge < -0.3 is 10.5 Å². The Labute approximate surface area is 126 Å². The molecule has 0 radical (unpaired) electrons. The van der Waals surface area contributed by atoms with Gasteiger partial charge in [0.15, 0.2) is 9.84 Å². The molecule has 2 N–H and O–H groups in total. The van der Waals surface area contributed by atoms with Crippen molar-refractivity contribution in [2.75, 3.05) is 12.8 Å². The van der Waals surface area contributed by atoms with Crippen molar-refractivity contribution in [3.63, 3.8) is 0 Å². The average Bonchev–Trinajstić information content (AvgIpc) is 2.40. The molecule has 0 bridgehead atoms. The van der Waals surface area contributed by atoms with Crippen LogP contribution in [0.25, 0.3) is 0 Å². The summed E-state index contributed by atoms with van der Waals surface area (Å²) in [5.41, 5.74) is 6.78. The predicted molar refractivity (Wildman–Crippen MR) is 82.4 cm³/mol. The van der Waals surface area contributed by atoms with Gasteiger partial charge in [-0.3, -0.25) is 0 Å². The highest BCUT2D eigenvalue weighted by atomic mass is 79.9. The molecular formula is C14H14BrNO3S. The number of halogens is 1. The smallest absolute Gasteiger partial charge is 0.182 e. The minimum absolute atomic E-state index is 0.132. The molecule has 2 rings (SSSR count). The lowest BCUT2D eigenvalue weighted by molar-refractivity contribution is 0.411. The van der Waals surface area contributed by atoms with Gasteiger partial charge >= 0.3 is 0 Å². The Bertz CT molecular complexity index is 729. The lowest BCUT2D eigenvalue weighted by Crippen LogP contribution is -2.06. The van der Waals surface area contributed by atoms with E-state index < -0.39 is 9.84 Å². The monoisotopic (exact) mass is 355 g/mol. The van der Waals surface area contributed by atoms with Gasteiger partial charge in [0.1, 0.15) is 5.75 Å². The third kappa shape index (κ3) is 3.32. The highest BCUT2D eigenvalue weighted by Crippen LogP contribution is 2.27. The summed E-state index contributed by atoms with van der Waals surface area (Å²) < 4.78 is 30.7. The van der Waals surface area contributed by atoms with Gasteiger partial charge in [-0.15, -0.1) is 0 Å². The average molecular weight is 356 g/mol. The van der Waals surface area contributed by atoms with E-state index in [1.165, 1.54) is 7.11 Å². The number of rotatable bonds is 4. The molecule has 0 aliphatic heterocycles. The number of nitrogen functional groups attached to an aromatic ring is 1. The van der Waals surface area contributed by atoms with Crippen LogP contribution in [0.2, 0.25) is 0 Å². The van der Waals surface area contributed by atoms with Gasteiger partial charge in [-0.25, -0.2) is 8.42 Å². The van der Waals surface area contributed by atoms with E-state index in [0.717, 1.165) is 4.47 Å². The molecule has 0 amide bonds. The topological polar surface area (TPSA) is 69.4 Å². The SMILES string of the molecule is COc1cc(N)ccc1CS(=O)(=O)c1cccc(Br)c1. The fourth-order valence-electron chi connectivity index (χ4n) is 1.83. The zero-order chi connectivity index (χ0) is 14.8. The first-order valence-electron chi connectivity index (χ1n) is 5.83. The van der Waals surface area contributed by atoms with Crippen molar-refractivity contribution >= 4 is 31.5 Å². The maximum absolute atomic E-state index is 12.4. The molecule has 0 atom stereocenters. The molecule has 0 aliphatic carbocycles. The lowest BCUT2D eigenvalue weighted by atomic mass is 10.2. The lowest BCUT2D eigenvalue weighted by Gasteiger charge is -2.10. The van der Waals surface area contributed by atoms with Crippen LogP contribution in [-0.2, 0) is 15.6 Å². The van der Waals surface area contributed by atoms with E-state index in [1.54, 1.807) is 42.5 Å². The Hall–Kier alpha value is -1.53. The summed E-state index contributed by atoms with van der Waals surface area (Å²) in [6.07, 6.45) is 0. The molecule has 0 aliphatic rings. The van der Waals surface area contributed by atoms with Gasteiger partial charge in [0, 0.05) is 21.8 Å². The Morgan fingerprint density at radius 1 is 1.20 bits per heavy atom. The van der Waals surface area contributed by atoms with Crippen LogP contribution in [0.5, 0.6) is 5.75 Å². The number of hydrogen-bond acceptors (Lipinski definition) is 4. The van der Waals surface area contributed by atoms with E-state index in [1.807, 2.05) is 0 Å². The zero-order valence-corrected chi connectivity index (χ0v) is 13.2. The van der Waals surface area contributed by atoms with Crippen LogP contribution in [0.15, 0.2) is 51.8 Å². The highest BCUT2D eigenvalue weighted by molar-refractivity contribution is 9.10. The van der Waals surface area contributed by atoms with Gasteiger partial charge in [0.25, 0.3) is 0 Å². The Kier molecular flexibility index (Phi) is 4.35. The van der Waals surface area contributed by atoms with Crippen LogP contribution in [0, 0.1) is 0 Å². The summed E-state index contributed by atoms with van der Waals surface area (Å²) in [7, 11) is -1.94. The maximum Gasteiger partial charge on any atom is 0.182 e. The number of nitrogens with two attached hydrogens (primary N) is 1. The molecular weight excluding hydrogens is 342 g/mol. The molecule has 2 aromatic rings. The molecule has 6 heteroatoms. The molecule has 4 nitrogen and oxygen atoms in total. The summed E-state index contributed by atoms with van der Waals surface area (Å²) >= 11 is 3.27. The van der Waals surface area contributed by atoms with Crippen LogP contribution in [0.4, 0.5) is 5.69 Å². The predicted octanol–water partition coefficient (Wildman–Crippen LogP) is 3.01. The van der Waals surface area contributed by atoms with Gasteiger partial charge in [0.05, 0.1) is 17.8 Å². The molecule has 0 unspecified atom stereocenters. The number of hydrogen-bond donors (Lipinski definition) is 1. The number of benzene rings is 2. The molecule has 2 aromatic carbocycles. The zero-order valence-electron chi connectivity index (χ0n) is 10.8. The third-order valence-electron chi connectivity index (χ3n) is 2.81. The number of anilines is 1. The maximum atomic E-state index is 12.4. The molecule has 106 valence electrons. The van der Waals surface area contributed by atoms with E-state index in [4.69, 9.17) is 10.5 Å². The Morgan fingerprint density at radius 2 is 1.95 bits per heavy atom. The minimum atomic E-state index is -3.43. The molecule has 20 heavy (non-hydrogen) atoms. The number of sulfone groups is 1. The quantitative estimate of drug-likeness (QED) is 0.855. The first-order valence-corrected chi connectivity index (χ1v) is 8.27. The van der Waals surface area contributed by atoms with Crippen molar-refractivity contribution in [3.05, 3.63) is 52.5 Å². The molecule has 0 spiro atoms. The van der Waals surface area contributed by atoms with Crippen LogP contribution in [-0.4, -0.2) is 15.5 Å². The summed E-state index contributed by atoms with van der Waals surface area (Å²) in [6, 6.07) is 11.6. The minimum Gasteiger partial charge on any atom is -0.496 e. The second kappa shape index (κ2) is 5.85. The van der Waals surface area contributed by atoms with Crippen molar-refractivity contribution in [1.29, 1.82) is 0 Å². The molecule has 0 saturated carbocycles. The Morgan fingerprint density at radius 3 is 2.60 bits per heavy atom. The first-order chi connectivity index (χ1) is 9.42. The van der Waals surface area contributed by atoms with Gasteiger partial charge in [-0.05, 0) is 24.3 Å². The summed E-state index contributed by atoms with van der Waals surface area (Å²) in [5, 5.41) is 0. The van der Waals surface area contributed by atoms with Crippen LogP contribution in [0.1, 0.15) is 5.56 Å². The van der Waals surface area contributed by atoms with Crippen molar-refractivity contribution in [2.45, 2.75) is 10.6 Å². The van der Waals surface area contributed by atoms with Gasteiger partial charge in [0.2, 0.25) is 0 Å². The second-order valence-electron chi connectivity index (χ2n) is 4.29. The van der Waals surface area contributed by atoms with E-state index in [2.05, 4.69) is 15.9 Å². The van der Waals surface area contributed by atoms with Gasteiger partial charge in [-0.1, -0.05) is 28.1 Å². The fraction of sp³-hybridized carbons (Fsp3) is 0.143. The molecule has 0 heterocycles. The molecule has 0 aromatic heterocycles. The summed E-state index contributed by atoms with van der Waals surface area (Å²) in [5.74, 6) is 0.343. The highest BCUT2D eigenvalue weighted by Gasteiger charge is 2.18. The van der Waals surface area contributed by atoms with Crippen LogP contribution in [0.3, 0.4) is 0 Å². The van der Waals surface area contributed by atoms with Crippen molar-refractivity contribution < 1.29 is 13.2 Å². The third-order valence-corrected chi connectivity index (χ3v) is 4.97. The number of methoxy groups -OCH3 is 1. The number of ether oxygens (including phenoxy) is 1. The van der Waals surface area contributed by atoms with E-state index in [-0.39, 0.29) is 10.6 Å². The van der Waals surface area contributed by atoms with E-state index in [9.17, 15) is 8.42 Å². The summed E-state index contributed by atoms with van der Waals surface area (Å²) in [4.78, 5) is 0.269. The van der Waals surface area contributed by atoms with Crippen molar-refractivity contribution in [3.8, 4) is 5.75 Å². The standard InChI is InChI=1S/C14H14BrNO3S/c1-19-14-8-12(16)6-5-10(14)9-20(17,18)13-4-2-3-11(15)7-13/h2-8H,9,16H2,1H3. The van der Waals surface area contributed by atoms with Crippen LogP contribution >= 0.6 is 15.9 Å². The largest absolute Gasteiger partial charge is 0.496 e. The van der Waals surface area contributed by atoms with E-state index >= 15 is 0 Å². The van der Waals surface area contributed by atoms with Crippen LogP contribution < -0.4 is 10.5 Å². The fourth-order valence-corrected chi connectivity index (χ4v) is 3.79. The summed E-state index contributed by atoms with van der Waals surface area (Å²) in [6.45, 7) is 0. The van der Waals surface area contributed by atoms with Crippen molar-refractivity contribution in [2.24, 2.45) is 0 Å². The molecule has 0 fully saturated rings. The normalized spacial score (nSPS) is 11.3. The molecule has 0 saturated heterocycles. The van der Waals surface area contributed by atoms with Gasteiger partial charge in [-0.2, -0.15) is 0 Å².